The van der Waals surface area contributed by atoms with Gasteiger partial charge in [0.25, 0.3) is 0 Å². The molecule has 0 atom stereocenters. The number of ether oxygens (including phenoxy) is 2. The van der Waals surface area contributed by atoms with Crippen LogP contribution in [0.25, 0.3) is 0 Å². The highest BCUT2D eigenvalue weighted by Crippen LogP contribution is 2.27. The number of pyridine rings is 1. The summed E-state index contributed by atoms with van der Waals surface area (Å²) in [7, 11) is 0. The van der Waals surface area contributed by atoms with Crippen molar-refractivity contribution in [1.29, 1.82) is 0 Å². The SMILES string of the molecule is Cl.Cl.Cl.c1cnc2c(c1)OCCN2CCN1CCOCC1. The van der Waals surface area contributed by atoms with E-state index in [9.17, 15) is 0 Å². The van der Waals surface area contributed by atoms with Gasteiger partial charge in [0.1, 0.15) is 6.61 Å². The predicted octanol–water partition coefficient (Wildman–Crippen LogP) is 1.88. The molecule has 3 heterocycles. The topological polar surface area (TPSA) is 37.8 Å². The van der Waals surface area contributed by atoms with E-state index in [1.165, 1.54) is 0 Å². The van der Waals surface area contributed by atoms with Gasteiger partial charge in [-0.25, -0.2) is 4.98 Å². The van der Waals surface area contributed by atoms with Gasteiger partial charge in [0.15, 0.2) is 11.6 Å². The molecule has 0 saturated carbocycles. The Kier molecular flexibility index (Phi) is 10.1. The van der Waals surface area contributed by atoms with Crippen LogP contribution in [0.15, 0.2) is 18.3 Å². The second-order valence-corrected chi connectivity index (χ2v) is 4.61. The van der Waals surface area contributed by atoms with Crippen molar-refractivity contribution in [2.75, 3.05) is 57.4 Å². The van der Waals surface area contributed by atoms with Crippen LogP contribution in [0.2, 0.25) is 0 Å². The maximum atomic E-state index is 5.61. The van der Waals surface area contributed by atoms with Crippen LogP contribution in [-0.2, 0) is 4.74 Å². The first kappa shape index (κ1) is 20.5. The van der Waals surface area contributed by atoms with Crippen molar-refractivity contribution in [2.24, 2.45) is 0 Å². The van der Waals surface area contributed by atoms with Crippen LogP contribution in [0.3, 0.4) is 0 Å². The second kappa shape index (κ2) is 10.3. The lowest BCUT2D eigenvalue weighted by atomic mass is 10.3. The molecule has 3 rings (SSSR count). The highest BCUT2D eigenvalue weighted by molar-refractivity contribution is 5.86. The predicted molar refractivity (Wildman–Crippen MR) is 90.9 cm³/mol. The summed E-state index contributed by atoms with van der Waals surface area (Å²) in [4.78, 5) is 9.18. The van der Waals surface area contributed by atoms with Crippen molar-refractivity contribution in [3.8, 4) is 5.75 Å². The zero-order chi connectivity index (χ0) is 12.2. The van der Waals surface area contributed by atoms with Gasteiger partial charge in [-0.15, -0.1) is 37.2 Å². The van der Waals surface area contributed by atoms with Gasteiger partial charge in [-0.1, -0.05) is 0 Å². The molecule has 21 heavy (non-hydrogen) atoms. The molecule has 1 saturated heterocycles. The van der Waals surface area contributed by atoms with E-state index in [1.807, 2.05) is 18.3 Å². The first-order chi connectivity index (χ1) is 8.93. The zero-order valence-corrected chi connectivity index (χ0v) is 14.2. The van der Waals surface area contributed by atoms with E-state index in [-0.39, 0.29) is 37.2 Å². The molecule has 122 valence electrons. The van der Waals surface area contributed by atoms with E-state index in [0.29, 0.717) is 0 Å². The summed E-state index contributed by atoms with van der Waals surface area (Å²) in [5.41, 5.74) is 0. The lowest BCUT2D eigenvalue weighted by molar-refractivity contribution is 0.0390. The molecule has 0 radical (unpaired) electrons. The average molecular weight is 359 g/mol. The molecule has 0 bridgehead atoms. The molecule has 8 heteroatoms. The molecule has 2 aliphatic rings. The Morgan fingerprint density at radius 1 is 1.00 bits per heavy atom. The van der Waals surface area contributed by atoms with Crippen LogP contribution >= 0.6 is 37.2 Å². The van der Waals surface area contributed by atoms with Gasteiger partial charge < -0.3 is 14.4 Å². The minimum Gasteiger partial charge on any atom is -0.488 e. The first-order valence-electron chi connectivity index (χ1n) is 6.56. The largest absolute Gasteiger partial charge is 0.488 e. The molecule has 1 aromatic heterocycles. The Morgan fingerprint density at radius 3 is 2.52 bits per heavy atom. The summed E-state index contributed by atoms with van der Waals surface area (Å²) >= 11 is 0. The normalized spacial score (nSPS) is 17.4. The van der Waals surface area contributed by atoms with Gasteiger partial charge in [0.05, 0.1) is 19.8 Å². The van der Waals surface area contributed by atoms with E-state index in [4.69, 9.17) is 9.47 Å². The molecule has 1 fully saturated rings. The van der Waals surface area contributed by atoms with E-state index >= 15 is 0 Å². The molecule has 0 unspecified atom stereocenters. The van der Waals surface area contributed by atoms with Crippen LogP contribution in [-0.4, -0.2) is 62.4 Å². The Hall–Kier alpha value is -0.460. The van der Waals surface area contributed by atoms with Crippen LogP contribution in [0.1, 0.15) is 0 Å². The first-order valence-corrected chi connectivity index (χ1v) is 6.56. The van der Waals surface area contributed by atoms with Crippen LogP contribution in [0, 0.1) is 0 Å². The third-order valence-corrected chi connectivity index (χ3v) is 3.46. The van der Waals surface area contributed by atoms with Gasteiger partial charge in [-0.2, -0.15) is 0 Å². The quantitative estimate of drug-likeness (QED) is 0.825. The Labute approximate surface area is 144 Å². The number of halogens is 3. The molecular formula is C13H22Cl3N3O2. The van der Waals surface area contributed by atoms with E-state index in [1.54, 1.807) is 0 Å². The summed E-state index contributed by atoms with van der Waals surface area (Å²) in [5.74, 6) is 1.89. The number of hydrogen-bond donors (Lipinski definition) is 0. The van der Waals surface area contributed by atoms with Crippen LogP contribution in [0.5, 0.6) is 5.75 Å². The molecular weight excluding hydrogens is 337 g/mol. The average Bonchev–Trinajstić information content (AvgIpc) is 2.46. The molecule has 0 aliphatic carbocycles. The highest BCUT2D eigenvalue weighted by Gasteiger charge is 2.19. The summed E-state index contributed by atoms with van der Waals surface area (Å²) in [6, 6.07) is 3.91. The molecule has 0 aromatic carbocycles. The number of morpholine rings is 1. The molecule has 1 aromatic rings. The van der Waals surface area contributed by atoms with Crippen molar-refractivity contribution in [3.05, 3.63) is 18.3 Å². The van der Waals surface area contributed by atoms with Gasteiger partial charge in [-0.05, 0) is 12.1 Å². The number of rotatable bonds is 3. The number of nitrogens with zero attached hydrogens (tertiary/aromatic N) is 3. The maximum Gasteiger partial charge on any atom is 0.171 e. The van der Waals surface area contributed by atoms with Crippen LogP contribution < -0.4 is 9.64 Å². The number of hydrogen-bond acceptors (Lipinski definition) is 5. The Balaban J connectivity index is 0.00000133. The Bertz CT molecular complexity index is 406. The molecule has 2 aliphatic heterocycles. The second-order valence-electron chi connectivity index (χ2n) is 4.61. The van der Waals surface area contributed by atoms with Crippen molar-refractivity contribution >= 4 is 43.0 Å². The van der Waals surface area contributed by atoms with Gasteiger partial charge in [-0.3, -0.25) is 4.90 Å². The minimum absolute atomic E-state index is 0. The summed E-state index contributed by atoms with van der Waals surface area (Å²) in [6.45, 7) is 7.55. The zero-order valence-electron chi connectivity index (χ0n) is 11.8. The number of fused-ring (bicyclic) bond motifs is 1. The van der Waals surface area contributed by atoms with E-state index in [0.717, 1.165) is 64.1 Å². The lowest BCUT2D eigenvalue weighted by Crippen LogP contribution is -2.43. The minimum atomic E-state index is 0. The third kappa shape index (κ3) is 5.34. The molecule has 0 spiro atoms. The molecule has 0 amide bonds. The maximum absolute atomic E-state index is 5.61. The summed E-state index contributed by atoms with van der Waals surface area (Å²) < 4.78 is 11.0. The fourth-order valence-electron chi connectivity index (χ4n) is 2.41. The lowest BCUT2D eigenvalue weighted by Gasteiger charge is -2.33. The van der Waals surface area contributed by atoms with Crippen molar-refractivity contribution in [2.45, 2.75) is 0 Å². The van der Waals surface area contributed by atoms with E-state index < -0.39 is 0 Å². The van der Waals surface area contributed by atoms with Gasteiger partial charge in [0.2, 0.25) is 0 Å². The third-order valence-electron chi connectivity index (χ3n) is 3.46. The van der Waals surface area contributed by atoms with Gasteiger partial charge >= 0.3 is 0 Å². The summed E-state index contributed by atoms with van der Waals surface area (Å²) in [6.07, 6.45) is 1.83. The van der Waals surface area contributed by atoms with Crippen molar-refractivity contribution in [1.82, 2.24) is 9.88 Å². The Morgan fingerprint density at radius 2 is 1.76 bits per heavy atom. The van der Waals surface area contributed by atoms with Crippen molar-refractivity contribution in [3.63, 3.8) is 0 Å². The van der Waals surface area contributed by atoms with Crippen LogP contribution in [0.4, 0.5) is 5.82 Å². The standard InChI is InChI=1S/C13H19N3O2.3ClH/c1-2-12-13(14-3-1)16(8-11-18-12)5-4-15-6-9-17-10-7-15;;;/h1-3H,4-11H2;3*1H. The monoisotopic (exact) mass is 357 g/mol. The molecule has 5 nitrogen and oxygen atoms in total. The van der Waals surface area contributed by atoms with Gasteiger partial charge in [0, 0.05) is 32.4 Å². The van der Waals surface area contributed by atoms with Crippen molar-refractivity contribution < 1.29 is 9.47 Å². The number of aromatic nitrogens is 1. The fraction of sp³-hybridized carbons (Fsp3) is 0.615. The fourth-order valence-corrected chi connectivity index (χ4v) is 2.41. The summed E-state index contributed by atoms with van der Waals surface area (Å²) in [5, 5.41) is 0. The number of anilines is 1. The highest BCUT2D eigenvalue weighted by atomic mass is 35.5. The molecule has 0 N–H and O–H groups in total. The van der Waals surface area contributed by atoms with E-state index in [2.05, 4.69) is 14.8 Å². The smallest absolute Gasteiger partial charge is 0.171 e.